The van der Waals surface area contributed by atoms with Gasteiger partial charge in [0.2, 0.25) is 0 Å². The second kappa shape index (κ2) is 10.8. The number of fused-ring (bicyclic) bond motifs is 1. The second-order valence-electron chi connectivity index (χ2n) is 13.6. The molecule has 0 spiro atoms. The summed E-state index contributed by atoms with van der Waals surface area (Å²) >= 11 is 0. The largest absolute Gasteiger partial charge is 0.0616 e. The molecule has 0 bridgehead atoms. The van der Waals surface area contributed by atoms with E-state index >= 15 is 0 Å². The van der Waals surface area contributed by atoms with Crippen molar-refractivity contribution >= 4 is 10.8 Å². The Bertz CT molecular complexity index is 1770. The summed E-state index contributed by atoms with van der Waals surface area (Å²) in [6, 6.07) is 49.5. The molecular formula is C42H40. The Balaban J connectivity index is 1.49. The summed E-state index contributed by atoms with van der Waals surface area (Å²) in [4.78, 5) is 0. The van der Waals surface area contributed by atoms with Crippen molar-refractivity contribution in [2.45, 2.75) is 52.4 Å². The first-order chi connectivity index (χ1) is 20.1. The molecule has 0 heterocycles. The maximum atomic E-state index is 2.35. The van der Waals surface area contributed by atoms with E-state index in [9.17, 15) is 0 Å². The fourth-order valence-electron chi connectivity index (χ4n) is 5.80. The normalized spacial score (nSPS) is 12.0. The van der Waals surface area contributed by atoms with Crippen LogP contribution in [0.5, 0.6) is 0 Å². The molecule has 0 heteroatoms. The van der Waals surface area contributed by atoms with E-state index in [4.69, 9.17) is 0 Å². The Kier molecular flexibility index (Phi) is 7.11. The van der Waals surface area contributed by atoms with Gasteiger partial charge in [0.1, 0.15) is 0 Å². The van der Waals surface area contributed by atoms with Gasteiger partial charge in [0.25, 0.3) is 0 Å². The summed E-state index contributed by atoms with van der Waals surface area (Å²) < 4.78 is 0. The number of rotatable bonds is 4. The van der Waals surface area contributed by atoms with Crippen molar-refractivity contribution in [3.63, 3.8) is 0 Å². The van der Waals surface area contributed by atoms with Crippen LogP contribution < -0.4 is 0 Å². The molecule has 42 heavy (non-hydrogen) atoms. The molecule has 0 aliphatic rings. The molecule has 0 saturated carbocycles. The van der Waals surface area contributed by atoms with Crippen LogP contribution in [0.2, 0.25) is 0 Å². The average Bonchev–Trinajstić information content (AvgIpc) is 3.00. The van der Waals surface area contributed by atoms with Crippen LogP contribution in [0.4, 0.5) is 0 Å². The third kappa shape index (κ3) is 5.68. The maximum Gasteiger partial charge on any atom is -0.0105 e. The molecule has 0 radical (unpaired) electrons. The minimum absolute atomic E-state index is 0.127. The molecule has 6 aromatic rings. The highest BCUT2D eigenvalue weighted by Crippen LogP contribution is 2.37. The van der Waals surface area contributed by atoms with Crippen LogP contribution in [0.1, 0.15) is 52.7 Å². The van der Waals surface area contributed by atoms with E-state index in [1.807, 2.05) is 0 Å². The highest BCUT2D eigenvalue weighted by molar-refractivity contribution is 5.97. The Labute approximate surface area is 251 Å². The summed E-state index contributed by atoms with van der Waals surface area (Å²) in [5.41, 5.74) is 12.9. The van der Waals surface area contributed by atoms with Gasteiger partial charge in [-0.3, -0.25) is 0 Å². The molecule has 0 atom stereocenters. The zero-order chi connectivity index (χ0) is 29.5. The zero-order valence-electron chi connectivity index (χ0n) is 25.7. The van der Waals surface area contributed by atoms with E-state index in [1.54, 1.807) is 0 Å². The maximum absolute atomic E-state index is 2.35. The number of benzene rings is 6. The quantitative estimate of drug-likeness (QED) is 0.207. The van der Waals surface area contributed by atoms with Crippen LogP contribution >= 0.6 is 0 Å². The van der Waals surface area contributed by atoms with Crippen LogP contribution in [0, 0.1) is 0 Å². The topological polar surface area (TPSA) is 0 Å². The molecule has 6 aromatic carbocycles. The summed E-state index contributed by atoms with van der Waals surface area (Å²) in [7, 11) is 0. The van der Waals surface area contributed by atoms with Crippen molar-refractivity contribution in [2.24, 2.45) is 0 Å². The molecule has 0 aromatic heterocycles. The fourth-order valence-corrected chi connectivity index (χ4v) is 5.80. The predicted molar refractivity (Wildman–Crippen MR) is 183 cm³/mol. The lowest BCUT2D eigenvalue weighted by Crippen LogP contribution is -2.10. The molecule has 0 amide bonds. The van der Waals surface area contributed by atoms with Crippen molar-refractivity contribution in [2.75, 3.05) is 0 Å². The van der Waals surface area contributed by atoms with E-state index in [2.05, 4.69) is 175 Å². The lowest BCUT2D eigenvalue weighted by Gasteiger charge is -2.20. The van der Waals surface area contributed by atoms with E-state index in [1.165, 1.54) is 66.4 Å². The first kappa shape index (κ1) is 27.7. The van der Waals surface area contributed by atoms with Crippen LogP contribution in [0.3, 0.4) is 0 Å². The van der Waals surface area contributed by atoms with Gasteiger partial charge in [-0.15, -0.1) is 0 Å². The minimum atomic E-state index is 0.127. The van der Waals surface area contributed by atoms with Crippen molar-refractivity contribution in [1.29, 1.82) is 0 Å². The van der Waals surface area contributed by atoms with Gasteiger partial charge < -0.3 is 0 Å². The van der Waals surface area contributed by atoms with Crippen LogP contribution in [0.25, 0.3) is 55.3 Å². The van der Waals surface area contributed by atoms with Crippen LogP contribution in [0.15, 0.2) is 133 Å². The molecule has 0 unspecified atom stereocenters. The van der Waals surface area contributed by atoms with Gasteiger partial charge in [0.15, 0.2) is 0 Å². The Morgan fingerprint density at radius 3 is 1.31 bits per heavy atom. The third-order valence-electron chi connectivity index (χ3n) is 8.40. The van der Waals surface area contributed by atoms with E-state index in [0.717, 1.165) is 0 Å². The van der Waals surface area contributed by atoms with Gasteiger partial charge in [0, 0.05) is 0 Å². The van der Waals surface area contributed by atoms with Gasteiger partial charge in [-0.25, -0.2) is 0 Å². The summed E-state index contributed by atoms with van der Waals surface area (Å²) in [5, 5.41) is 2.55. The van der Waals surface area contributed by atoms with Gasteiger partial charge in [-0.2, -0.15) is 0 Å². The molecular weight excluding hydrogens is 504 g/mol. The zero-order valence-corrected chi connectivity index (χ0v) is 25.7. The SMILES string of the molecule is CC(C)(C)c1ccc(-c2cc(-c3ccc(C(C)(C)C)cc3)cc(-c3cccc(-c4cccc5ccccc45)c3)c2)cc1. The predicted octanol–water partition coefficient (Wildman–Crippen LogP) is 12.1. The van der Waals surface area contributed by atoms with Crippen molar-refractivity contribution in [1.82, 2.24) is 0 Å². The first-order valence-corrected chi connectivity index (χ1v) is 15.0. The average molecular weight is 545 g/mol. The molecule has 0 aliphatic carbocycles. The minimum Gasteiger partial charge on any atom is -0.0616 e. The van der Waals surface area contributed by atoms with E-state index in [0.29, 0.717) is 0 Å². The highest BCUT2D eigenvalue weighted by Gasteiger charge is 2.16. The van der Waals surface area contributed by atoms with E-state index in [-0.39, 0.29) is 10.8 Å². The summed E-state index contributed by atoms with van der Waals surface area (Å²) in [6.07, 6.45) is 0. The van der Waals surface area contributed by atoms with Gasteiger partial charge in [-0.1, -0.05) is 151 Å². The monoisotopic (exact) mass is 544 g/mol. The molecule has 0 fully saturated rings. The van der Waals surface area contributed by atoms with Gasteiger partial charge in [-0.05, 0) is 102 Å². The molecule has 0 nitrogen and oxygen atoms in total. The molecule has 208 valence electrons. The van der Waals surface area contributed by atoms with Gasteiger partial charge in [0.05, 0.1) is 0 Å². The molecule has 0 N–H and O–H groups in total. The number of hydrogen-bond acceptors (Lipinski definition) is 0. The number of hydrogen-bond donors (Lipinski definition) is 0. The summed E-state index contributed by atoms with van der Waals surface area (Å²) in [5.74, 6) is 0. The van der Waals surface area contributed by atoms with Crippen LogP contribution in [-0.2, 0) is 10.8 Å². The molecule has 0 aliphatic heterocycles. The van der Waals surface area contributed by atoms with E-state index < -0.39 is 0 Å². The Morgan fingerprint density at radius 1 is 0.333 bits per heavy atom. The smallest absolute Gasteiger partial charge is 0.0105 e. The summed E-state index contributed by atoms with van der Waals surface area (Å²) in [6.45, 7) is 13.6. The van der Waals surface area contributed by atoms with Crippen molar-refractivity contribution in [3.8, 4) is 44.5 Å². The highest BCUT2D eigenvalue weighted by atomic mass is 14.2. The third-order valence-corrected chi connectivity index (χ3v) is 8.40. The lowest BCUT2D eigenvalue weighted by atomic mass is 9.85. The first-order valence-electron chi connectivity index (χ1n) is 15.0. The fraction of sp³-hybridized carbons (Fsp3) is 0.190. The van der Waals surface area contributed by atoms with Crippen LogP contribution in [-0.4, -0.2) is 0 Å². The standard InChI is InChI=1S/C42H40/c1-41(2,3)37-21-17-29(18-22-37)34-26-35(30-19-23-38(24-20-30)42(4,5)6)28-36(27-34)32-13-9-14-33(25-32)40-16-10-12-31-11-7-8-15-39(31)40/h7-28H,1-6H3. The Hall–Kier alpha value is -4.42. The molecule has 0 saturated heterocycles. The van der Waals surface area contributed by atoms with Crippen molar-refractivity contribution < 1.29 is 0 Å². The second-order valence-corrected chi connectivity index (χ2v) is 13.6. The van der Waals surface area contributed by atoms with Crippen molar-refractivity contribution in [3.05, 3.63) is 145 Å². The lowest BCUT2D eigenvalue weighted by molar-refractivity contribution is 0.590. The molecule has 6 rings (SSSR count). The van der Waals surface area contributed by atoms with Gasteiger partial charge >= 0.3 is 0 Å². The Morgan fingerprint density at radius 2 is 0.762 bits per heavy atom.